The van der Waals surface area contributed by atoms with Gasteiger partial charge in [-0.25, -0.2) is 0 Å². The van der Waals surface area contributed by atoms with Crippen LogP contribution in [-0.4, -0.2) is 28.7 Å². The van der Waals surface area contributed by atoms with Gasteiger partial charge in [0, 0.05) is 5.56 Å². The maximum Gasteiger partial charge on any atom is 0.325 e. The first kappa shape index (κ1) is 12.8. The first-order valence-electron chi connectivity index (χ1n) is 5.26. The van der Waals surface area contributed by atoms with Crippen LogP contribution < -0.4 is 5.32 Å². The van der Waals surface area contributed by atoms with E-state index in [1.54, 1.807) is 37.3 Å². The third kappa shape index (κ3) is 3.66. The zero-order chi connectivity index (χ0) is 12.7. The van der Waals surface area contributed by atoms with Crippen LogP contribution >= 0.6 is 0 Å². The molecule has 1 amide bonds. The Bertz CT molecular complexity index is 450. The number of rotatable bonds is 5. The molecule has 88 valence electrons. The Morgan fingerprint density at radius 1 is 1.41 bits per heavy atom. The van der Waals surface area contributed by atoms with Crippen molar-refractivity contribution in [3.63, 3.8) is 0 Å². The molecule has 5 nitrogen and oxygen atoms in total. The summed E-state index contributed by atoms with van der Waals surface area (Å²) in [6, 6.07) is 7.94. The Morgan fingerprint density at radius 3 is 2.59 bits per heavy atom. The third-order valence-electron chi connectivity index (χ3n) is 2.28. The first-order chi connectivity index (χ1) is 8.19. The van der Waals surface area contributed by atoms with Gasteiger partial charge in [0.05, 0.1) is 6.04 Å². The second-order valence-electron chi connectivity index (χ2n) is 3.45. The van der Waals surface area contributed by atoms with Crippen LogP contribution in [0.2, 0.25) is 0 Å². The average molecular weight is 231 g/mol. The fourth-order valence-electron chi connectivity index (χ4n) is 1.35. The topological polar surface area (TPSA) is 82.6 Å². The van der Waals surface area contributed by atoms with Gasteiger partial charge in [0.2, 0.25) is 0 Å². The van der Waals surface area contributed by atoms with Gasteiger partial charge in [-0.1, -0.05) is 25.1 Å². The molecule has 1 aromatic rings. The van der Waals surface area contributed by atoms with E-state index in [1.807, 2.05) is 0 Å². The van der Waals surface area contributed by atoms with E-state index < -0.39 is 11.8 Å². The van der Waals surface area contributed by atoms with Crippen molar-refractivity contribution >= 4 is 17.9 Å². The van der Waals surface area contributed by atoms with E-state index in [0.29, 0.717) is 12.0 Å². The summed E-state index contributed by atoms with van der Waals surface area (Å²) >= 11 is 0. The van der Waals surface area contributed by atoms with Crippen LogP contribution in [0.3, 0.4) is 0 Å². The number of amides is 1. The number of hydrogen-bond acceptors (Lipinski definition) is 2. The summed E-state index contributed by atoms with van der Waals surface area (Å²) in [7, 11) is 0. The molecule has 0 fully saturated rings. The van der Waals surface area contributed by atoms with Gasteiger partial charge in [-0.2, -0.15) is 4.79 Å². The Labute approximate surface area is 99.1 Å². The highest BCUT2D eigenvalue weighted by molar-refractivity contribution is 6.28. The smallest absolute Gasteiger partial charge is 0.325 e. The molecule has 0 heterocycles. The summed E-state index contributed by atoms with van der Waals surface area (Å²) in [6.07, 6.45) is 1.23. The highest BCUT2D eigenvalue weighted by Gasteiger charge is 2.20. The Balaban J connectivity index is 2.73. The first-order valence-corrected chi connectivity index (χ1v) is 5.26. The summed E-state index contributed by atoms with van der Waals surface area (Å²) in [5, 5.41) is 2.58. The summed E-state index contributed by atoms with van der Waals surface area (Å²) in [5.41, 5.74) is 8.75. The summed E-state index contributed by atoms with van der Waals surface area (Å²) < 4.78 is 0. The molecule has 0 spiro atoms. The van der Waals surface area contributed by atoms with Gasteiger partial charge in [-0.05, 0) is 18.6 Å². The van der Waals surface area contributed by atoms with E-state index in [0.717, 1.165) is 6.21 Å². The van der Waals surface area contributed by atoms with E-state index in [1.165, 1.54) is 0 Å². The number of carbonyl (C=O) groups is 2. The molecule has 1 N–H and O–H groups in total. The molecule has 0 radical (unpaired) electrons. The van der Waals surface area contributed by atoms with Gasteiger partial charge in [-0.15, -0.1) is 0 Å². The van der Waals surface area contributed by atoms with Crippen molar-refractivity contribution in [3.8, 4) is 0 Å². The predicted octanol–water partition coefficient (Wildman–Crippen LogP) is 1.06. The second kappa shape index (κ2) is 6.35. The van der Waals surface area contributed by atoms with E-state index >= 15 is 0 Å². The molecule has 17 heavy (non-hydrogen) atoms. The van der Waals surface area contributed by atoms with Crippen LogP contribution in [0.1, 0.15) is 23.7 Å². The van der Waals surface area contributed by atoms with E-state index in [9.17, 15) is 9.59 Å². The molecule has 1 atom stereocenters. The van der Waals surface area contributed by atoms with E-state index in [-0.39, 0.29) is 5.91 Å². The van der Waals surface area contributed by atoms with Gasteiger partial charge in [-0.3, -0.25) is 9.59 Å². The van der Waals surface area contributed by atoms with Gasteiger partial charge < -0.3 is 10.8 Å². The predicted molar refractivity (Wildman–Crippen MR) is 62.7 cm³/mol. The quantitative estimate of drug-likeness (QED) is 0.467. The van der Waals surface area contributed by atoms with Crippen molar-refractivity contribution in [2.75, 3.05) is 0 Å². The minimum atomic E-state index is -0.668. The average Bonchev–Trinajstić information content (AvgIpc) is 2.37. The van der Waals surface area contributed by atoms with Crippen LogP contribution in [0.15, 0.2) is 30.3 Å². The number of nitrogens with zero attached hydrogens (tertiary/aromatic N) is 2. The molecular weight excluding hydrogens is 218 g/mol. The number of ketones is 1. The number of hydrogen-bond donors (Lipinski definition) is 1. The molecule has 0 aliphatic heterocycles. The van der Waals surface area contributed by atoms with Crippen LogP contribution in [0.4, 0.5) is 0 Å². The fourth-order valence-corrected chi connectivity index (χ4v) is 1.35. The van der Waals surface area contributed by atoms with Crippen molar-refractivity contribution in [2.24, 2.45) is 0 Å². The van der Waals surface area contributed by atoms with Gasteiger partial charge in [0.15, 0.2) is 0 Å². The molecule has 0 aliphatic rings. The minimum Gasteiger partial charge on any atom is -0.361 e. The van der Waals surface area contributed by atoms with Crippen LogP contribution in [0.5, 0.6) is 0 Å². The minimum absolute atomic E-state index is 0.322. The Hall–Kier alpha value is -2.26. The number of Topliss-reactive ketones (excluding diaryl/α,β-unsaturated/α-hetero) is 1. The van der Waals surface area contributed by atoms with Crippen molar-refractivity contribution < 1.29 is 14.4 Å². The molecule has 0 aromatic heterocycles. The summed E-state index contributed by atoms with van der Waals surface area (Å²) in [5.74, 6) is -0.753. The van der Waals surface area contributed by atoms with Crippen molar-refractivity contribution in [3.05, 3.63) is 41.4 Å². The lowest BCUT2D eigenvalue weighted by atomic mass is 10.1. The monoisotopic (exact) mass is 231 g/mol. The highest BCUT2D eigenvalue weighted by atomic mass is 16.2. The zero-order valence-electron chi connectivity index (χ0n) is 9.46. The van der Waals surface area contributed by atoms with E-state index in [4.69, 9.17) is 5.53 Å². The maximum absolute atomic E-state index is 11.8. The standard InChI is InChI=1S/C12H13N3O2/c1-2-10(11(16)8-14-13)15-12(17)9-6-4-3-5-7-9/h3-8,10H,2H2,1H3,(H,15,17). The van der Waals surface area contributed by atoms with Crippen molar-refractivity contribution in [1.82, 2.24) is 5.32 Å². The largest absolute Gasteiger partial charge is 0.361 e. The van der Waals surface area contributed by atoms with Gasteiger partial charge in [0.1, 0.15) is 0 Å². The van der Waals surface area contributed by atoms with Crippen LogP contribution in [-0.2, 0) is 4.79 Å². The van der Waals surface area contributed by atoms with Crippen LogP contribution in [0.25, 0.3) is 5.53 Å². The molecule has 5 heteroatoms. The number of benzene rings is 1. The molecule has 0 aliphatic carbocycles. The second-order valence-corrected chi connectivity index (χ2v) is 3.45. The molecule has 0 saturated heterocycles. The highest BCUT2D eigenvalue weighted by Crippen LogP contribution is 2.00. The Kier molecular flexibility index (Phi) is 4.78. The molecule has 1 aromatic carbocycles. The van der Waals surface area contributed by atoms with Crippen molar-refractivity contribution in [2.45, 2.75) is 19.4 Å². The maximum atomic E-state index is 11.8. The Morgan fingerprint density at radius 2 is 2.06 bits per heavy atom. The van der Waals surface area contributed by atoms with Crippen LogP contribution in [0, 0.1) is 0 Å². The number of nitrogens with one attached hydrogen (secondary N) is 1. The van der Waals surface area contributed by atoms with Gasteiger partial charge in [0.25, 0.3) is 11.7 Å². The lowest BCUT2D eigenvalue weighted by molar-refractivity contribution is -0.117. The SMILES string of the molecule is CCC(NC(=O)c1ccccc1)C(=O)C=[N+]=[N-]. The number of carbonyl (C=O) groups excluding carboxylic acids is 2. The lowest BCUT2D eigenvalue weighted by Crippen LogP contribution is -2.41. The molecule has 0 saturated carbocycles. The lowest BCUT2D eigenvalue weighted by Gasteiger charge is -2.11. The van der Waals surface area contributed by atoms with Crippen molar-refractivity contribution in [1.29, 1.82) is 0 Å². The zero-order valence-corrected chi connectivity index (χ0v) is 9.46. The normalized spacial score (nSPS) is 11.1. The fraction of sp³-hybridized carbons (Fsp3) is 0.250. The van der Waals surface area contributed by atoms with Gasteiger partial charge >= 0.3 is 6.21 Å². The summed E-state index contributed by atoms with van der Waals surface area (Å²) in [6.45, 7) is 1.76. The van der Waals surface area contributed by atoms with E-state index in [2.05, 4.69) is 10.1 Å². The molecule has 1 rings (SSSR count). The third-order valence-corrected chi connectivity index (χ3v) is 2.28. The summed E-state index contributed by atoms with van der Waals surface area (Å²) in [4.78, 5) is 25.8. The molecule has 0 bridgehead atoms. The molecule has 1 unspecified atom stereocenters. The molecular formula is C12H13N3O2.